The van der Waals surface area contributed by atoms with Gasteiger partial charge >= 0.3 is 0 Å². The zero-order valence-electron chi connectivity index (χ0n) is 12.2. The molecule has 0 fully saturated rings. The highest BCUT2D eigenvalue weighted by molar-refractivity contribution is 7.98. The number of carbonyl (C=O) groups is 2. The number of carbonyl (C=O) groups excluding carboxylic acids is 2. The molecule has 0 saturated carbocycles. The van der Waals surface area contributed by atoms with Crippen LogP contribution in [-0.4, -0.2) is 29.2 Å². The maximum atomic E-state index is 10.9. The quantitative estimate of drug-likeness (QED) is 0.642. The molecule has 1 rings (SSSR count). The second kappa shape index (κ2) is 9.87. The Morgan fingerprint density at radius 1 is 1.19 bits per heavy atom. The van der Waals surface area contributed by atoms with Crippen LogP contribution >= 0.6 is 23.5 Å². The van der Waals surface area contributed by atoms with E-state index in [-0.39, 0.29) is 5.78 Å². The summed E-state index contributed by atoms with van der Waals surface area (Å²) in [7, 11) is 0. The fourth-order valence-electron chi connectivity index (χ4n) is 1.60. The van der Waals surface area contributed by atoms with E-state index in [1.807, 2.05) is 6.07 Å². The third-order valence-corrected chi connectivity index (χ3v) is 4.95. The number of Topliss-reactive ketones (excluding diaryl/α,β-unsaturated/α-hetero) is 1. The van der Waals surface area contributed by atoms with Gasteiger partial charge in [-0.3, -0.25) is 9.59 Å². The SMILES string of the molecule is CC(=O)CCSCc1cccc(CSC[C@H](N)C(N)=O)c1. The Morgan fingerprint density at radius 2 is 1.81 bits per heavy atom. The van der Waals surface area contributed by atoms with Crippen molar-refractivity contribution >= 4 is 35.2 Å². The summed E-state index contributed by atoms with van der Waals surface area (Å²) in [5, 5.41) is 0. The molecule has 0 aromatic heterocycles. The second-order valence-corrected chi connectivity index (χ2v) is 6.98. The first-order valence-electron chi connectivity index (χ1n) is 6.76. The van der Waals surface area contributed by atoms with Gasteiger partial charge in [-0.2, -0.15) is 23.5 Å². The Hall–Kier alpha value is -0.980. The molecule has 0 aliphatic rings. The van der Waals surface area contributed by atoms with Gasteiger partial charge in [-0.15, -0.1) is 0 Å². The van der Waals surface area contributed by atoms with Crippen molar-refractivity contribution in [3.8, 4) is 0 Å². The second-order valence-electron chi connectivity index (χ2n) is 4.85. The van der Waals surface area contributed by atoms with Gasteiger partial charge in [0.05, 0.1) is 6.04 Å². The molecule has 0 heterocycles. The third-order valence-electron chi connectivity index (χ3n) is 2.79. The lowest BCUT2D eigenvalue weighted by Crippen LogP contribution is -2.38. The lowest BCUT2D eigenvalue weighted by atomic mass is 10.2. The van der Waals surface area contributed by atoms with Gasteiger partial charge in [0, 0.05) is 29.4 Å². The summed E-state index contributed by atoms with van der Waals surface area (Å²) in [6.07, 6.45) is 0.630. The van der Waals surface area contributed by atoms with Crippen LogP contribution in [0.25, 0.3) is 0 Å². The number of rotatable bonds is 10. The van der Waals surface area contributed by atoms with Gasteiger partial charge in [0.15, 0.2) is 0 Å². The Kier molecular flexibility index (Phi) is 8.49. The monoisotopic (exact) mass is 326 g/mol. The minimum absolute atomic E-state index is 0.235. The minimum atomic E-state index is -0.583. The summed E-state index contributed by atoms with van der Waals surface area (Å²) in [6, 6.07) is 7.76. The predicted octanol–water partition coefficient (Wildman–Crippen LogP) is 1.94. The van der Waals surface area contributed by atoms with Crippen LogP contribution in [-0.2, 0) is 21.1 Å². The summed E-state index contributed by atoms with van der Waals surface area (Å²) in [6.45, 7) is 1.62. The van der Waals surface area contributed by atoms with Crippen LogP contribution in [0.3, 0.4) is 0 Å². The molecular weight excluding hydrogens is 304 g/mol. The Morgan fingerprint density at radius 3 is 2.38 bits per heavy atom. The van der Waals surface area contributed by atoms with Crippen LogP contribution in [0.4, 0.5) is 0 Å². The molecule has 1 aromatic rings. The van der Waals surface area contributed by atoms with E-state index in [9.17, 15) is 9.59 Å². The van der Waals surface area contributed by atoms with Crippen molar-refractivity contribution in [1.82, 2.24) is 0 Å². The third kappa shape index (κ3) is 8.14. The molecule has 116 valence electrons. The molecule has 0 aliphatic heterocycles. The number of amides is 1. The zero-order valence-corrected chi connectivity index (χ0v) is 13.8. The van der Waals surface area contributed by atoms with Gasteiger partial charge in [0.25, 0.3) is 0 Å². The number of nitrogens with two attached hydrogens (primary N) is 2. The van der Waals surface area contributed by atoms with Gasteiger partial charge in [-0.1, -0.05) is 24.3 Å². The highest BCUT2D eigenvalue weighted by Crippen LogP contribution is 2.18. The molecule has 0 saturated heterocycles. The number of thioether (sulfide) groups is 2. The smallest absolute Gasteiger partial charge is 0.235 e. The van der Waals surface area contributed by atoms with Crippen molar-refractivity contribution in [3.63, 3.8) is 0 Å². The predicted molar refractivity (Wildman–Crippen MR) is 91.2 cm³/mol. The van der Waals surface area contributed by atoms with E-state index in [1.165, 1.54) is 11.1 Å². The van der Waals surface area contributed by atoms with Crippen LogP contribution < -0.4 is 11.5 Å². The van der Waals surface area contributed by atoms with Crippen LogP contribution in [0.1, 0.15) is 24.5 Å². The van der Waals surface area contributed by atoms with Gasteiger partial charge in [0.2, 0.25) is 5.91 Å². The maximum absolute atomic E-state index is 10.9. The topological polar surface area (TPSA) is 86.2 Å². The Balaban J connectivity index is 2.34. The Labute approximate surface area is 134 Å². The molecule has 1 amide bonds. The summed E-state index contributed by atoms with van der Waals surface area (Å²) in [5.41, 5.74) is 13.2. The van der Waals surface area contributed by atoms with Crippen molar-refractivity contribution in [2.75, 3.05) is 11.5 Å². The molecule has 21 heavy (non-hydrogen) atoms. The van der Waals surface area contributed by atoms with Gasteiger partial charge < -0.3 is 11.5 Å². The molecule has 0 bridgehead atoms. The fourth-order valence-corrected chi connectivity index (χ4v) is 3.54. The highest BCUT2D eigenvalue weighted by atomic mass is 32.2. The number of hydrogen-bond acceptors (Lipinski definition) is 5. The van der Waals surface area contributed by atoms with E-state index in [0.29, 0.717) is 12.2 Å². The van der Waals surface area contributed by atoms with Crippen LogP contribution in [0.15, 0.2) is 24.3 Å². The lowest BCUT2D eigenvalue weighted by molar-refractivity contribution is -0.119. The Bertz CT molecular complexity index is 480. The van der Waals surface area contributed by atoms with Crippen LogP contribution in [0.5, 0.6) is 0 Å². The van der Waals surface area contributed by atoms with E-state index in [1.54, 1.807) is 30.4 Å². The molecule has 0 unspecified atom stereocenters. The molecule has 1 atom stereocenters. The van der Waals surface area contributed by atoms with E-state index in [2.05, 4.69) is 18.2 Å². The highest BCUT2D eigenvalue weighted by Gasteiger charge is 2.08. The van der Waals surface area contributed by atoms with Crippen molar-refractivity contribution in [2.45, 2.75) is 30.9 Å². The molecule has 1 aromatic carbocycles. The number of hydrogen-bond donors (Lipinski definition) is 2. The van der Waals surface area contributed by atoms with E-state index >= 15 is 0 Å². The van der Waals surface area contributed by atoms with Crippen molar-refractivity contribution in [2.24, 2.45) is 11.5 Å². The molecule has 6 heteroatoms. The van der Waals surface area contributed by atoms with Crippen molar-refractivity contribution in [1.29, 1.82) is 0 Å². The largest absolute Gasteiger partial charge is 0.368 e. The summed E-state index contributed by atoms with van der Waals surface area (Å²) in [4.78, 5) is 21.7. The fraction of sp³-hybridized carbons (Fsp3) is 0.467. The summed E-state index contributed by atoms with van der Waals surface area (Å²) in [5.74, 6) is 2.89. The average Bonchev–Trinajstić information content (AvgIpc) is 2.43. The molecule has 4 N–H and O–H groups in total. The summed E-state index contributed by atoms with van der Waals surface area (Å²) < 4.78 is 0. The first-order chi connectivity index (χ1) is 9.99. The molecule has 0 spiro atoms. The number of primary amides is 1. The normalized spacial score (nSPS) is 12.1. The van der Waals surface area contributed by atoms with Gasteiger partial charge in [-0.05, 0) is 18.1 Å². The van der Waals surface area contributed by atoms with Gasteiger partial charge in [0.1, 0.15) is 5.78 Å². The van der Waals surface area contributed by atoms with Crippen molar-refractivity contribution in [3.05, 3.63) is 35.4 Å². The average molecular weight is 326 g/mol. The minimum Gasteiger partial charge on any atom is -0.368 e. The van der Waals surface area contributed by atoms with E-state index < -0.39 is 11.9 Å². The first-order valence-corrected chi connectivity index (χ1v) is 9.07. The van der Waals surface area contributed by atoms with Gasteiger partial charge in [-0.25, -0.2) is 0 Å². The van der Waals surface area contributed by atoms with Crippen molar-refractivity contribution < 1.29 is 9.59 Å². The molecular formula is C15H22N2O2S2. The lowest BCUT2D eigenvalue weighted by Gasteiger charge is -2.08. The molecule has 4 nitrogen and oxygen atoms in total. The maximum Gasteiger partial charge on any atom is 0.235 e. The number of benzene rings is 1. The molecule has 0 aliphatic carbocycles. The molecule has 0 radical (unpaired) electrons. The van der Waals surface area contributed by atoms with E-state index in [0.717, 1.165) is 17.3 Å². The van der Waals surface area contributed by atoms with E-state index in [4.69, 9.17) is 11.5 Å². The zero-order chi connectivity index (χ0) is 15.7. The van der Waals surface area contributed by atoms with Crippen LogP contribution in [0.2, 0.25) is 0 Å². The number of ketones is 1. The first kappa shape index (κ1) is 18.1. The van der Waals surface area contributed by atoms with Crippen LogP contribution in [0, 0.1) is 0 Å². The summed E-state index contributed by atoms with van der Waals surface area (Å²) >= 11 is 3.37. The standard InChI is InChI=1S/C15H22N2O2S2/c1-11(18)5-6-20-8-12-3-2-4-13(7-12)9-21-10-14(16)15(17)19/h2-4,7,14H,5-6,8-10,16H2,1H3,(H2,17,19)/t14-/m0/s1.